The van der Waals surface area contributed by atoms with Gasteiger partial charge in [-0.25, -0.2) is 4.98 Å². The van der Waals surface area contributed by atoms with Crippen molar-refractivity contribution in [3.8, 4) is 50.2 Å². The summed E-state index contributed by atoms with van der Waals surface area (Å²) in [6.07, 6.45) is 4.31. The molecule has 3 aromatic heterocycles. The van der Waals surface area contributed by atoms with Gasteiger partial charge in [0.1, 0.15) is 0 Å². The highest BCUT2D eigenvalue weighted by molar-refractivity contribution is 6.03. The van der Waals surface area contributed by atoms with Crippen LogP contribution in [-0.2, 0) is 6.42 Å². The number of para-hydroxylation sites is 3. The van der Waals surface area contributed by atoms with Crippen LogP contribution in [0, 0.1) is 0 Å². The molecule has 6 aromatic carbocycles. The van der Waals surface area contributed by atoms with E-state index in [1.807, 2.05) is 12.3 Å². The van der Waals surface area contributed by atoms with Crippen molar-refractivity contribution >= 4 is 27.8 Å². The second-order valence-electron chi connectivity index (χ2n) is 12.0. The average Bonchev–Trinajstić information content (AvgIpc) is 3.84. The maximum atomic E-state index is 5.38. The van der Waals surface area contributed by atoms with Gasteiger partial charge in [-0.3, -0.25) is 8.97 Å². The Labute approximate surface area is 265 Å². The van der Waals surface area contributed by atoms with Gasteiger partial charge in [-0.05, 0) is 92.0 Å². The van der Waals surface area contributed by atoms with Gasteiger partial charge in [-0.2, -0.15) is 0 Å². The Hall–Kier alpha value is -6.13. The molecule has 0 N–H and O–H groups in total. The van der Waals surface area contributed by atoms with Crippen LogP contribution in [0.3, 0.4) is 0 Å². The third kappa shape index (κ3) is 3.58. The minimum Gasteiger partial charge on any atom is -0.472 e. The topological polar surface area (TPSA) is 35.4 Å². The maximum absolute atomic E-state index is 5.38. The Bertz CT molecular complexity index is 2610. The summed E-state index contributed by atoms with van der Waals surface area (Å²) in [5.41, 5.74) is 17.7. The zero-order chi connectivity index (χ0) is 30.2. The van der Waals surface area contributed by atoms with E-state index in [1.165, 1.54) is 50.1 Å². The lowest BCUT2D eigenvalue weighted by atomic mass is 9.81. The average molecular weight is 590 g/mol. The summed E-state index contributed by atoms with van der Waals surface area (Å²) in [6, 6.07) is 50.4. The van der Waals surface area contributed by atoms with Gasteiger partial charge in [0.25, 0.3) is 0 Å². The number of furan rings is 1. The lowest BCUT2D eigenvalue weighted by Crippen LogP contribution is -2.00. The van der Waals surface area contributed by atoms with E-state index in [4.69, 9.17) is 9.40 Å². The fraction of sp³-hybridized carbons (Fsp3) is 0.0238. The zero-order valence-corrected chi connectivity index (χ0v) is 24.9. The third-order valence-electron chi connectivity index (χ3n) is 9.49. The fourth-order valence-electron chi connectivity index (χ4n) is 7.48. The molecule has 0 saturated carbocycles. The summed E-state index contributed by atoms with van der Waals surface area (Å²) in [5, 5.41) is 0. The predicted molar refractivity (Wildman–Crippen MR) is 186 cm³/mol. The van der Waals surface area contributed by atoms with Gasteiger partial charge in [0.05, 0.1) is 34.6 Å². The largest absolute Gasteiger partial charge is 0.472 e. The second-order valence-corrected chi connectivity index (χ2v) is 12.0. The van der Waals surface area contributed by atoms with E-state index in [-0.39, 0.29) is 0 Å². The number of hydrogen-bond donors (Lipinski definition) is 0. The first kappa shape index (κ1) is 25.2. The quantitative estimate of drug-likeness (QED) is 0.205. The summed E-state index contributed by atoms with van der Waals surface area (Å²) >= 11 is 0. The highest BCUT2D eigenvalue weighted by Crippen LogP contribution is 2.48. The molecular formula is C42H27N3O. The van der Waals surface area contributed by atoms with E-state index in [9.17, 15) is 0 Å². The lowest BCUT2D eigenvalue weighted by Gasteiger charge is -2.23. The summed E-state index contributed by atoms with van der Waals surface area (Å²) in [6.45, 7) is 0. The second kappa shape index (κ2) is 9.68. The number of aromatic nitrogens is 3. The van der Waals surface area contributed by atoms with Crippen LogP contribution in [0.1, 0.15) is 11.1 Å². The van der Waals surface area contributed by atoms with Crippen LogP contribution in [0.5, 0.6) is 0 Å². The standard InChI is InChI=1S/C42H27N3O/c1-2-12-31-30(11-1)32-13-3-4-15-34(32)36-21-20-29(25-37(36)35-16-6-5-14-33(31)35)44-38-17-7-8-18-39(38)45-40-19-9-10-28(41(40)43-42(44)45)24-27-22-23-46-26-27/h1-23,25-26H,24H2. The molecule has 46 heavy (non-hydrogen) atoms. The van der Waals surface area contributed by atoms with Crippen molar-refractivity contribution in [2.24, 2.45) is 0 Å². The molecule has 0 atom stereocenters. The first-order valence-corrected chi connectivity index (χ1v) is 15.7. The van der Waals surface area contributed by atoms with E-state index in [1.54, 1.807) is 6.26 Å². The highest BCUT2D eigenvalue weighted by atomic mass is 16.3. The van der Waals surface area contributed by atoms with E-state index in [2.05, 4.69) is 142 Å². The number of nitrogens with zero attached hydrogens (tertiary/aromatic N) is 3. The Morgan fingerprint density at radius 2 is 1.07 bits per heavy atom. The van der Waals surface area contributed by atoms with Crippen LogP contribution in [-0.4, -0.2) is 14.0 Å². The zero-order valence-electron chi connectivity index (χ0n) is 24.9. The van der Waals surface area contributed by atoms with Crippen molar-refractivity contribution in [3.63, 3.8) is 0 Å². The van der Waals surface area contributed by atoms with Crippen molar-refractivity contribution in [1.29, 1.82) is 0 Å². The molecule has 0 spiro atoms. The molecule has 0 saturated heterocycles. The first-order valence-electron chi connectivity index (χ1n) is 15.7. The van der Waals surface area contributed by atoms with Crippen molar-refractivity contribution < 1.29 is 4.42 Å². The number of rotatable bonds is 3. The molecule has 0 bridgehead atoms. The van der Waals surface area contributed by atoms with Crippen LogP contribution in [0.2, 0.25) is 0 Å². The predicted octanol–water partition coefficient (Wildman–Crippen LogP) is 10.6. The maximum Gasteiger partial charge on any atom is 0.220 e. The van der Waals surface area contributed by atoms with Gasteiger partial charge in [-0.15, -0.1) is 0 Å². The van der Waals surface area contributed by atoms with Crippen molar-refractivity contribution in [3.05, 3.63) is 163 Å². The lowest BCUT2D eigenvalue weighted by molar-refractivity contribution is 0.564. The molecule has 3 heterocycles. The molecule has 4 nitrogen and oxygen atoms in total. The minimum atomic E-state index is 0.766. The van der Waals surface area contributed by atoms with Crippen molar-refractivity contribution in [2.45, 2.75) is 6.42 Å². The molecule has 9 aromatic rings. The molecule has 0 amide bonds. The van der Waals surface area contributed by atoms with Crippen LogP contribution in [0.4, 0.5) is 0 Å². The van der Waals surface area contributed by atoms with Gasteiger partial charge < -0.3 is 4.42 Å². The van der Waals surface area contributed by atoms with E-state index < -0.39 is 0 Å². The van der Waals surface area contributed by atoms with Gasteiger partial charge >= 0.3 is 0 Å². The molecule has 216 valence electrons. The van der Waals surface area contributed by atoms with E-state index in [0.717, 1.165) is 45.5 Å². The fourth-order valence-corrected chi connectivity index (χ4v) is 7.48. The summed E-state index contributed by atoms with van der Waals surface area (Å²) in [7, 11) is 0. The molecule has 0 radical (unpaired) electrons. The number of benzene rings is 6. The van der Waals surface area contributed by atoms with E-state index in [0.29, 0.717) is 0 Å². The number of imidazole rings is 2. The normalized spacial score (nSPS) is 12.0. The van der Waals surface area contributed by atoms with Crippen LogP contribution < -0.4 is 0 Å². The molecule has 1 aliphatic rings. The highest BCUT2D eigenvalue weighted by Gasteiger charge is 2.24. The number of hydrogen-bond acceptors (Lipinski definition) is 2. The molecule has 4 heteroatoms. The summed E-state index contributed by atoms with van der Waals surface area (Å²) in [4.78, 5) is 5.36. The molecule has 1 aliphatic carbocycles. The van der Waals surface area contributed by atoms with Crippen LogP contribution in [0.15, 0.2) is 156 Å². The Balaban J connectivity index is 1.27. The van der Waals surface area contributed by atoms with Gasteiger partial charge in [0, 0.05) is 12.1 Å². The minimum absolute atomic E-state index is 0.766. The summed E-state index contributed by atoms with van der Waals surface area (Å²) in [5.74, 6) is 0.903. The van der Waals surface area contributed by atoms with Crippen LogP contribution >= 0.6 is 0 Å². The van der Waals surface area contributed by atoms with E-state index >= 15 is 0 Å². The smallest absolute Gasteiger partial charge is 0.220 e. The Kier molecular flexibility index (Phi) is 5.31. The van der Waals surface area contributed by atoms with Gasteiger partial charge in [0.15, 0.2) is 0 Å². The van der Waals surface area contributed by atoms with Crippen molar-refractivity contribution in [1.82, 2.24) is 14.0 Å². The number of fused-ring (bicyclic) bond motifs is 13. The monoisotopic (exact) mass is 589 g/mol. The summed E-state index contributed by atoms with van der Waals surface area (Å²) < 4.78 is 10.00. The van der Waals surface area contributed by atoms with Crippen LogP contribution in [0.25, 0.3) is 78.0 Å². The van der Waals surface area contributed by atoms with Gasteiger partial charge in [-0.1, -0.05) is 103 Å². The third-order valence-corrected chi connectivity index (χ3v) is 9.49. The Morgan fingerprint density at radius 1 is 0.500 bits per heavy atom. The SMILES string of the molecule is c1ccc2c(c1)-c1ccccc1-c1ccc(-n3c4ccccc4n4c5cccc(Cc6ccoc6)c5nc34)cc1-c1ccccc1-2. The Morgan fingerprint density at radius 3 is 1.70 bits per heavy atom. The van der Waals surface area contributed by atoms with Gasteiger partial charge in [0.2, 0.25) is 5.78 Å². The molecule has 0 aliphatic heterocycles. The molecular weight excluding hydrogens is 562 g/mol. The molecule has 0 fully saturated rings. The van der Waals surface area contributed by atoms with Crippen molar-refractivity contribution in [2.75, 3.05) is 0 Å². The molecule has 0 unspecified atom stereocenters. The first-order chi connectivity index (χ1) is 22.8. The molecule has 10 rings (SSSR count).